The molecular weight excluding hydrogens is 268 g/mol. The third-order valence-electron chi connectivity index (χ3n) is 3.42. The zero-order valence-corrected chi connectivity index (χ0v) is 13.6. The van der Waals surface area contributed by atoms with Crippen LogP contribution in [0.2, 0.25) is 0 Å². The zero-order chi connectivity index (χ0) is 15.5. The van der Waals surface area contributed by atoms with E-state index in [1.54, 1.807) is 31.2 Å². The van der Waals surface area contributed by atoms with Crippen LogP contribution >= 0.6 is 0 Å². The van der Waals surface area contributed by atoms with Crippen molar-refractivity contribution in [3.05, 3.63) is 64.1 Å². The predicted molar refractivity (Wildman–Crippen MR) is 85.4 cm³/mol. The van der Waals surface area contributed by atoms with Gasteiger partial charge < -0.3 is 0 Å². The molecule has 2 nitrogen and oxygen atoms in total. The Bertz CT molecular complexity index is 690. The van der Waals surface area contributed by atoms with Crippen molar-refractivity contribution in [1.82, 2.24) is 0 Å². The van der Waals surface area contributed by atoms with Gasteiger partial charge in [-0.25, -0.2) is 8.42 Å². The molecule has 0 amide bonds. The number of aryl methyl sites for hydroxylation is 2. The summed E-state index contributed by atoms with van der Waals surface area (Å²) in [6.45, 7) is 13.2. The lowest BCUT2D eigenvalue weighted by Crippen LogP contribution is -2.04. The van der Waals surface area contributed by atoms with E-state index in [0.29, 0.717) is 9.80 Å². The molecule has 0 heterocycles. The van der Waals surface area contributed by atoms with Crippen LogP contribution in [0.25, 0.3) is 0 Å². The Morgan fingerprint density at radius 2 is 1.75 bits per heavy atom. The third kappa shape index (κ3) is 3.48. The SMILES string of the molecule is C=C(C)/C(C)=C\C(=C/C)S(=O)(=O)c1ccc(C)c(C)c1. The van der Waals surface area contributed by atoms with Crippen LogP contribution in [0.15, 0.2) is 57.9 Å². The first-order valence-electron chi connectivity index (χ1n) is 6.53. The molecule has 0 spiro atoms. The first-order valence-corrected chi connectivity index (χ1v) is 8.01. The quantitative estimate of drug-likeness (QED) is 0.765. The van der Waals surface area contributed by atoms with Gasteiger partial charge in [-0.2, -0.15) is 0 Å². The van der Waals surface area contributed by atoms with Gasteiger partial charge in [-0.15, -0.1) is 0 Å². The molecule has 108 valence electrons. The van der Waals surface area contributed by atoms with Gasteiger partial charge in [0.1, 0.15) is 0 Å². The van der Waals surface area contributed by atoms with Gasteiger partial charge in [0.15, 0.2) is 0 Å². The van der Waals surface area contributed by atoms with Gasteiger partial charge in [-0.1, -0.05) is 24.3 Å². The van der Waals surface area contributed by atoms with E-state index in [-0.39, 0.29) is 0 Å². The van der Waals surface area contributed by atoms with Crippen molar-refractivity contribution in [2.75, 3.05) is 0 Å². The maximum atomic E-state index is 12.6. The molecule has 1 rings (SSSR count). The molecule has 0 fully saturated rings. The van der Waals surface area contributed by atoms with Gasteiger partial charge in [0.2, 0.25) is 9.84 Å². The van der Waals surface area contributed by atoms with E-state index in [1.807, 2.05) is 33.8 Å². The molecule has 0 atom stereocenters. The smallest absolute Gasteiger partial charge is 0.206 e. The van der Waals surface area contributed by atoms with Crippen molar-refractivity contribution >= 4 is 9.84 Å². The lowest BCUT2D eigenvalue weighted by atomic mass is 10.1. The van der Waals surface area contributed by atoms with Crippen molar-refractivity contribution < 1.29 is 8.42 Å². The Balaban J connectivity index is 3.37. The fourth-order valence-corrected chi connectivity index (χ4v) is 3.16. The second-order valence-corrected chi connectivity index (χ2v) is 7.00. The molecule has 0 radical (unpaired) electrons. The minimum absolute atomic E-state index is 0.307. The van der Waals surface area contributed by atoms with Crippen molar-refractivity contribution in [3.8, 4) is 0 Å². The fourth-order valence-electron chi connectivity index (χ4n) is 1.67. The maximum Gasteiger partial charge on any atom is 0.206 e. The van der Waals surface area contributed by atoms with Crippen molar-refractivity contribution in [1.29, 1.82) is 0 Å². The molecule has 0 aromatic heterocycles. The van der Waals surface area contributed by atoms with Gasteiger partial charge in [-0.05, 0) is 69.5 Å². The molecule has 0 N–H and O–H groups in total. The summed E-state index contributed by atoms with van der Waals surface area (Å²) in [5.41, 5.74) is 3.78. The Kier molecular flexibility index (Phi) is 5.12. The Hall–Kier alpha value is -1.61. The summed E-state index contributed by atoms with van der Waals surface area (Å²) in [6.07, 6.45) is 3.30. The monoisotopic (exact) mass is 290 g/mol. The fraction of sp³-hybridized carbons (Fsp3) is 0.294. The molecule has 0 saturated heterocycles. The van der Waals surface area contributed by atoms with Crippen LogP contribution in [0.3, 0.4) is 0 Å². The molecule has 0 aliphatic heterocycles. The van der Waals surface area contributed by atoms with Crippen LogP contribution < -0.4 is 0 Å². The second-order valence-electron chi connectivity index (χ2n) is 5.05. The Labute approximate surface area is 122 Å². The van der Waals surface area contributed by atoms with Gasteiger partial charge in [0.25, 0.3) is 0 Å². The van der Waals surface area contributed by atoms with Gasteiger partial charge >= 0.3 is 0 Å². The van der Waals surface area contributed by atoms with Crippen LogP contribution in [0.4, 0.5) is 0 Å². The molecule has 0 saturated carbocycles. The number of sulfone groups is 1. The van der Waals surface area contributed by atoms with Crippen molar-refractivity contribution in [2.24, 2.45) is 0 Å². The third-order valence-corrected chi connectivity index (χ3v) is 5.26. The molecule has 1 aromatic rings. The second kappa shape index (κ2) is 6.23. The molecular formula is C17H22O2S. The summed E-state index contributed by atoms with van der Waals surface area (Å²) in [7, 11) is -3.48. The predicted octanol–water partition coefficient (Wildman–Crippen LogP) is 4.50. The number of hydrogen-bond acceptors (Lipinski definition) is 2. The van der Waals surface area contributed by atoms with Crippen molar-refractivity contribution in [2.45, 2.75) is 39.5 Å². The highest BCUT2D eigenvalue weighted by molar-refractivity contribution is 7.95. The lowest BCUT2D eigenvalue weighted by molar-refractivity contribution is 0.602. The van der Waals surface area contributed by atoms with E-state index in [9.17, 15) is 8.42 Å². The molecule has 0 aliphatic carbocycles. The average molecular weight is 290 g/mol. The molecule has 20 heavy (non-hydrogen) atoms. The Morgan fingerprint density at radius 3 is 2.20 bits per heavy atom. The summed E-state index contributed by atoms with van der Waals surface area (Å²) in [5.74, 6) is 0. The first-order chi connectivity index (χ1) is 9.20. The summed E-state index contributed by atoms with van der Waals surface area (Å²) in [4.78, 5) is 0.640. The van der Waals surface area contributed by atoms with Crippen LogP contribution in [-0.2, 0) is 9.84 Å². The zero-order valence-electron chi connectivity index (χ0n) is 12.8. The average Bonchev–Trinajstić information content (AvgIpc) is 2.38. The lowest BCUT2D eigenvalue weighted by Gasteiger charge is -2.09. The van der Waals surface area contributed by atoms with Crippen LogP contribution in [0, 0.1) is 13.8 Å². The highest BCUT2D eigenvalue weighted by Crippen LogP contribution is 2.24. The van der Waals surface area contributed by atoms with Crippen LogP contribution in [-0.4, -0.2) is 8.42 Å². The summed E-state index contributed by atoms with van der Waals surface area (Å²) in [6, 6.07) is 5.22. The van der Waals surface area contributed by atoms with Crippen LogP contribution in [0.1, 0.15) is 31.9 Å². The topological polar surface area (TPSA) is 34.1 Å². The van der Waals surface area contributed by atoms with E-state index in [2.05, 4.69) is 6.58 Å². The number of hydrogen-bond donors (Lipinski definition) is 0. The molecule has 1 aromatic carbocycles. The largest absolute Gasteiger partial charge is 0.219 e. The summed E-state index contributed by atoms with van der Waals surface area (Å²) >= 11 is 0. The normalized spacial score (nSPS) is 13.4. The van der Waals surface area contributed by atoms with E-state index in [1.165, 1.54) is 0 Å². The van der Waals surface area contributed by atoms with Gasteiger partial charge in [0, 0.05) is 0 Å². The summed E-state index contributed by atoms with van der Waals surface area (Å²) in [5, 5.41) is 0. The summed E-state index contributed by atoms with van der Waals surface area (Å²) < 4.78 is 25.3. The van der Waals surface area contributed by atoms with E-state index < -0.39 is 9.84 Å². The van der Waals surface area contributed by atoms with Gasteiger partial charge in [0.05, 0.1) is 9.80 Å². The molecule has 3 heteroatoms. The first kappa shape index (κ1) is 16.4. The highest BCUT2D eigenvalue weighted by atomic mass is 32.2. The number of allylic oxidation sites excluding steroid dienone is 4. The minimum Gasteiger partial charge on any atom is -0.219 e. The number of rotatable bonds is 4. The molecule has 0 aliphatic rings. The van der Waals surface area contributed by atoms with E-state index >= 15 is 0 Å². The highest BCUT2D eigenvalue weighted by Gasteiger charge is 2.19. The molecule has 0 unspecified atom stereocenters. The van der Waals surface area contributed by atoms with E-state index in [4.69, 9.17) is 0 Å². The minimum atomic E-state index is -3.48. The Morgan fingerprint density at radius 1 is 1.15 bits per heavy atom. The maximum absolute atomic E-state index is 12.6. The molecule has 0 bridgehead atoms. The standard InChI is InChI=1S/C17H22O2S/c1-7-16(10-14(5)12(2)3)20(18,19)17-9-8-13(4)15(6)11-17/h7-11H,2H2,1,3-6H3/b14-10-,16-7+. The number of benzene rings is 1. The van der Waals surface area contributed by atoms with Gasteiger partial charge in [-0.3, -0.25) is 0 Å². The van der Waals surface area contributed by atoms with E-state index in [0.717, 1.165) is 22.3 Å². The van der Waals surface area contributed by atoms with Crippen LogP contribution in [0.5, 0.6) is 0 Å². The van der Waals surface area contributed by atoms with Crippen molar-refractivity contribution in [3.63, 3.8) is 0 Å².